The number of hydrogen-bond donors (Lipinski definition) is 1. The Hall–Kier alpha value is -1.83. The lowest BCUT2D eigenvalue weighted by atomic mass is 10.2. The number of nitrogens with one attached hydrogen (secondary N) is 1. The molecule has 1 fully saturated rings. The normalized spacial score (nSPS) is 15.8. The van der Waals surface area contributed by atoms with Crippen LogP contribution in [0.5, 0.6) is 5.75 Å². The monoisotopic (exact) mass is 437 g/mol. The van der Waals surface area contributed by atoms with Crippen LogP contribution in [0.25, 0.3) is 0 Å². The van der Waals surface area contributed by atoms with Crippen LogP contribution < -0.4 is 10.1 Å². The van der Waals surface area contributed by atoms with Crippen LogP contribution in [0.2, 0.25) is 5.02 Å². The van der Waals surface area contributed by atoms with Crippen molar-refractivity contribution in [2.24, 2.45) is 10.2 Å². The van der Waals surface area contributed by atoms with E-state index in [-0.39, 0.29) is 5.91 Å². The fraction of sp³-hybridized carbons (Fsp3) is 0.118. The van der Waals surface area contributed by atoms with Crippen molar-refractivity contribution < 1.29 is 9.53 Å². The third-order valence-electron chi connectivity index (χ3n) is 3.21. The van der Waals surface area contributed by atoms with Gasteiger partial charge < -0.3 is 10.1 Å². The molecule has 0 unspecified atom stereocenters. The Kier molecular flexibility index (Phi) is 6.12. The highest BCUT2D eigenvalue weighted by atomic mass is 79.9. The number of amidine groups is 1. The quantitative estimate of drug-likeness (QED) is 0.561. The highest BCUT2D eigenvalue weighted by Gasteiger charge is 2.16. The van der Waals surface area contributed by atoms with Crippen LogP contribution in [0.3, 0.4) is 0 Å². The zero-order valence-electron chi connectivity index (χ0n) is 12.9. The summed E-state index contributed by atoms with van der Waals surface area (Å²) in [5.74, 6) is 0.951. The average molecular weight is 439 g/mol. The van der Waals surface area contributed by atoms with Crippen molar-refractivity contribution in [1.82, 2.24) is 5.32 Å². The van der Waals surface area contributed by atoms with E-state index in [1.54, 1.807) is 24.4 Å². The molecule has 0 atom stereocenters. The van der Waals surface area contributed by atoms with Crippen LogP contribution in [-0.4, -0.2) is 23.0 Å². The van der Waals surface area contributed by atoms with E-state index < -0.39 is 0 Å². The second kappa shape index (κ2) is 8.51. The number of thioether (sulfide) groups is 1. The van der Waals surface area contributed by atoms with E-state index in [4.69, 9.17) is 16.3 Å². The maximum absolute atomic E-state index is 11.1. The first-order chi connectivity index (χ1) is 12.1. The lowest BCUT2D eigenvalue weighted by Crippen LogP contribution is -2.19. The van der Waals surface area contributed by atoms with Gasteiger partial charge in [-0.2, -0.15) is 5.10 Å². The highest BCUT2D eigenvalue weighted by Crippen LogP contribution is 2.23. The van der Waals surface area contributed by atoms with Crippen molar-refractivity contribution in [3.05, 3.63) is 63.1 Å². The molecule has 1 amide bonds. The summed E-state index contributed by atoms with van der Waals surface area (Å²) in [4.78, 5) is 11.1. The topological polar surface area (TPSA) is 63.0 Å². The standard InChI is InChI=1S/C17H13BrClN3O2S/c18-13-3-1-11(2-4-13)9-24-15-6-5-14(19)7-12(15)8-20-22-17-21-16(23)10-25-17/h1-8H,9-10H2,(H,21,22,23). The summed E-state index contributed by atoms with van der Waals surface area (Å²) in [6.07, 6.45) is 1.56. The van der Waals surface area contributed by atoms with Gasteiger partial charge in [0.2, 0.25) is 5.91 Å². The Balaban J connectivity index is 1.71. The number of hydrogen-bond acceptors (Lipinski definition) is 5. The molecule has 1 N–H and O–H groups in total. The van der Waals surface area contributed by atoms with E-state index in [0.29, 0.717) is 33.9 Å². The molecule has 0 spiro atoms. The second-order valence-corrected chi connectivity index (χ2v) is 7.40. The van der Waals surface area contributed by atoms with Crippen molar-refractivity contribution >= 4 is 56.6 Å². The number of halogens is 2. The number of benzene rings is 2. The number of rotatable bonds is 5. The smallest absolute Gasteiger partial charge is 0.236 e. The molecule has 2 aromatic rings. The van der Waals surface area contributed by atoms with Crippen molar-refractivity contribution in [3.8, 4) is 5.75 Å². The van der Waals surface area contributed by atoms with Gasteiger partial charge in [-0.1, -0.05) is 51.4 Å². The van der Waals surface area contributed by atoms with Crippen molar-refractivity contribution in [3.63, 3.8) is 0 Å². The van der Waals surface area contributed by atoms with Crippen molar-refractivity contribution in [2.75, 3.05) is 5.75 Å². The van der Waals surface area contributed by atoms with Gasteiger partial charge in [0.25, 0.3) is 0 Å². The van der Waals surface area contributed by atoms with Gasteiger partial charge in [-0.15, -0.1) is 5.10 Å². The van der Waals surface area contributed by atoms with Crippen LogP contribution in [0.1, 0.15) is 11.1 Å². The van der Waals surface area contributed by atoms with Gasteiger partial charge in [-0.3, -0.25) is 4.79 Å². The number of ether oxygens (including phenoxy) is 1. The van der Waals surface area contributed by atoms with Crippen LogP contribution in [-0.2, 0) is 11.4 Å². The first-order valence-corrected chi connectivity index (χ1v) is 9.46. The summed E-state index contributed by atoms with van der Waals surface area (Å²) >= 11 is 10.8. The minimum Gasteiger partial charge on any atom is -0.488 e. The Morgan fingerprint density at radius 1 is 1.28 bits per heavy atom. The zero-order valence-corrected chi connectivity index (χ0v) is 16.1. The highest BCUT2D eigenvalue weighted by molar-refractivity contribution is 9.10. The van der Waals surface area contributed by atoms with E-state index in [1.165, 1.54) is 11.8 Å². The minimum atomic E-state index is -0.0692. The molecular formula is C17H13BrClN3O2S. The Morgan fingerprint density at radius 3 is 2.80 bits per heavy atom. The molecular weight excluding hydrogens is 426 g/mol. The number of nitrogens with zero attached hydrogens (tertiary/aromatic N) is 2. The van der Waals surface area contributed by atoms with Gasteiger partial charge in [0, 0.05) is 15.1 Å². The largest absolute Gasteiger partial charge is 0.488 e. The van der Waals surface area contributed by atoms with Gasteiger partial charge in [-0.05, 0) is 35.9 Å². The van der Waals surface area contributed by atoms with E-state index in [0.717, 1.165) is 10.0 Å². The van der Waals surface area contributed by atoms with Crippen molar-refractivity contribution in [2.45, 2.75) is 6.61 Å². The summed E-state index contributed by atoms with van der Waals surface area (Å²) < 4.78 is 6.89. The molecule has 0 aromatic heterocycles. The van der Waals surface area contributed by atoms with E-state index in [2.05, 4.69) is 31.4 Å². The van der Waals surface area contributed by atoms with E-state index in [9.17, 15) is 4.79 Å². The maximum Gasteiger partial charge on any atom is 0.236 e. The number of carbonyl (C=O) groups is 1. The van der Waals surface area contributed by atoms with Gasteiger partial charge in [0.05, 0.1) is 12.0 Å². The molecule has 3 rings (SSSR count). The van der Waals surface area contributed by atoms with Crippen molar-refractivity contribution in [1.29, 1.82) is 0 Å². The molecule has 1 heterocycles. The fourth-order valence-electron chi connectivity index (χ4n) is 2.02. The lowest BCUT2D eigenvalue weighted by molar-refractivity contribution is -0.116. The zero-order chi connectivity index (χ0) is 17.6. The summed E-state index contributed by atoms with van der Waals surface area (Å²) in [5, 5.41) is 11.7. The average Bonchev–Trinajstić information content (AvgIpc) is 3.01. The number of carbonyl (C=O) groups excluding carboxylic acids is 1. The number of amides is 1. The minimum absolute atomic E-state index is 0.0692. The van der Waals surface area contributed by atoms with Gasteiger partial charge >= 0.3 is 0 Å². The third kappa shape index (κ3) is 5.32. The molecule has 8 heteroatoms. The molecule has 0 bridgehead atoms. The Morgan fingerprint density at radius 2 is 2.08 bits per heavy atom. The molecule has 2 aromatic carbocycles. The molecule has 1 aliphatic rings. The Bertz CT molecular complexity index is 840. The summed E-state index contributed by atoms with van der Waals surface area (Å²) in [5.41, 5.74) is 1.76. The van der Waals surface area contributed by atoms with Crippen LogP contribution >= 0.6 is 39.3 Å². The van der Waals surface area contributed by atoms with Gasteiger partial charge in [0.1, 0.15) is 12.4 Å². The second-order valence-electron chi connectivity index (χ2n) is 5.08. The first kappa shape index (κ1) is 18.0. The predicted octanol–water partition coefficient (Wildman–Crippen LogP) is 4.23. The molecule has 0 saturated carbocycles. The molecule has 128 valence electrons. The Labute approximate surface area is 162 Å². The fourth-order valence-corrected chi connectivity index (χ4v) is 3.09. The van der Waals surface area contributed by atoms with E-state index in [1.807, 2.05) is 24.3 Å². The molecule has 1 saturated heterocycles. The molecule has 25 heavy (non-hydrogen) atoms. The van der Waals surface area contributed by atoms with E-state index >= 15 is 0 Å². The summed E-state index contributed by atoms with van der Waals surface area (Å²) in [7, 11) is 0. The SMILES string of the molecule is O=C1CSC(=NN=Cc2cc(Cl)ccc2OCc2ccc(Br)cc2)N1. The van der Waals surface area contributed by atoms with Gasteiger partial charge in [0.15, 0.2) is 5.17 Å². The van der Waals surface area contributed by atoms with Crippen LogP contribution in [0.4, 0.5) is 0 Å². The molecule has 0 aliphatic carbocycles. The maximum atomic E-state index is 11.1. The molecule has 5 nitrogen and oxygen atoms in total. The molecule has 1 aliphatic heterocycles. The van der Waals surface area contributed by atoms with Crippen LogP contribution in [0, 0.1) is 0 Å². The third-order valence-corrected chi connectivity index (χ3v) is 4.84. The van der Waals surface area contributed by atoms with Gasteiger partial charge in [-0.25, -0.2) is 0 Å². The molecule has 0 radical (unpaired) electrons. The first-order valence-electron chi connectivity index (χ1n) is 7.30. The summed E-state index contributed by atoms with van der Waals surface area (Å²) in [6.45, 7) is 0.427. The lowest BCUT2D eigenvalue weighted by Gasteiger charge is -2.09. The summed E-state index contributed by atoms with van der Waals surface area (Å²) in [6, 6.07) is 13.2. The predicted molar refractivity (Wildman–Crippen MR) is 106 cm³/mol. The van der Waals surface area contributed by atoms with Crippen LogP contribution in [0.15, 0.2) is 57.1 Å².